The molecule has 1 atom stereocenters. The molecule has 0 aliphatic carbocycles. The molecule has 1 heterocycles. The Balaban J connectivity index is 0.00000121. The predicted molar refractivity (Wildman–Crippen MR) is 68.3 cm³/mol. The van der Waals surface area contributed by atoms with Gasteiger partial charge in [0.25, 0.3) is 0 Å². The van der Waals surface area contributed by atoms with Crippen LogP contribution in [0.3, 0.4) is 0 Å². The fourth-order valence-electron chi connectivity index (χ4n) is 1.36. The summed E-state index contributed by atoms with van der Waals surface area (Å²) in [5.41, 5.74) is 0. The fourth-order valence-corrected chi connectivity index (χ4v) is 1.36. The van der Waals surface area contributed by atoms with E-state index in [9.17, 15) is 4.79 Å². The molecule has 0 aromatic carbocycles. The largest absolute Gasteiger partial charge is 0.467 e. The van der Waals surface area contributed by atoms with Crippen LogP contribution >= 0.6 is 0 Å². The molecule has 0 saturated carbocycles. The van der Waals surface area contributed by atoms with Crippen molar-refractivity contribution in [3.05, 3.63) is 24.2 Å². The van der Waals surface area contributed by atoms with Crippen LogP contribution in [0.15, 0.2) is 27.8 Å². The van der Waals surface area contributed by atoms with Gasteiger partial charge in [0.2, 0.25) is 0 Å². The number of unbranched alkanes of at least 4 members (excludes halogenated alkanes) is 2. The fraction of sp³-hybridized carbons (Fsp3) is 0.538. The topological polar surface area (TPSA) is 62.8 Å². The van der Waals surface area contributed by atoms with Crippen LogP contribution in [0, 0.1) is 0 Å². The second kappa shape index (κ2) is 11.1. The molecule has 17 heavy (non-hydrogen) atoms. The molecule has 1 rings (SSSR count). The van der Waals surface area contributed by atoms with E-state index in [2.05, 4.69) is 11.9 Å². The summed E-state index contributed by atoms with van der Waals surface area (Å²) in [6.07, 6.45) is 7.77. The van der Waals surface area contributed by atoms with Gasteiger partial charge in [-0.25, -0.2) is 0 Å². The Hall–Kier alpha value is -1.42. The molecule has 0 aliphatic heterocycles. The quantitative estimate of drug-likeness (QED) is 0.452. The second-order valence-electron chi connectivity index (χ2n) is 3.37. The average molecular weight is 239 g/mol. The summed E-state index contributed by atoms with van der Waals surface area (Å²) in [6, 6.07) is 3.94. The van der Waals surface area contributed by atoms with Crippen molar-refractivity contribution in [1.82, 2.24) is 0 Å². The first-order valence-electron chi connectivity index (χ1n) is 5.82. The third-order valence-electron chi connectivity index (χ3n) is 2.20. The van der Waals surface area contributed by atoms with Gasteiger partial charge >= 0.3 is 0 Å². The summed E-state index contributed by atoms with van der Waals surface area (Å²) in [5, 5.41) is 7.00. The van der Waals surface area contributed by atoms with Gasteiger partial charge in [-0.2, -0.15) is 0 Å². The molecular weight excluding hydrogens is 218 g/mol. The summed E-state index contributed by atoms with van der Waals surface area (Å²) in [6.45, 7) is 2.08. The predicted octanol–water partition coefficient (Wildman–Crippen LogP) is 2.78. The molecular formula is C13H21NO3. The first-order chi connectivity index (χ1) is 8.38. The minimum absolute atomic E-state index is 0.122. The zero-order chi connectivity index (χ0) is 12.9. The maximum Gasteiger partial charge on any atom is 0.128 e. The first kappa shape index (κ1) is 15.6. The summed E-state index contributed by atoms with van der Waals surface area (Å²) in [5.74, 6) is 0.907. The lowest BCUT2D eigenvalue weighted by atomic mass is 10.2. The molecule has 0 aliphatic rings. The highest BCUT2D eigenvalue weighted by molar-refractivity contribution is 5.58. The molecule has 1 aromatic rings. The van der Waals surface area contributed by atoms with Crippen molar-refractivity contribution in [3.63, 3.8) is 0 Å². The van der Waals surface area contributed by atoms with E-state index in [0.29, 0.717) is 6.42 Å². The highest BCUT2D eigenvalue weighted by atomic mass is 16.3. The zero-order valence-corrected chi connectivity index (χ0v) is 10.5. The maximum absolute atomic E-state index is 10.1. The van der Waals surface area contributed by atoms with E-state index in [4.69, 9.17) is 9.52 Å². The van der Waals surface area contributed by atoms with E-state index in [-0.39, 0.29) is 6.04 Å². The lowest BCUT2D eigenvalue weighted by Crippen LogP contribution is -1.92. The number of furan rings is 1. The Labute approximate surface area is 102 Å². The van der Waals surface area contributed by atoms with Crippen molar-refractivity contribution in [1.29, 1.82) is 0 Å². The van der Waals surface area contributed by atoms with Gasteiger partial charge in [0.15, 0.2) is 0 Å². The number of nitrogens with zero attached hydrogens (tertiary/aromatic N) is 1. The molecule has 4 heteroatoms. The molecule has 4 nitrogen and oxygen atoms in total. The number of aldehydes is 1. The van der Waals surface area contributed by atoms with Crippen LogP contribution in [0.4, 0.5) is 0 Å². The van der Waals surface area contributed by atoms with Crippen LogP contribution < -0.4 is 0 Å². The van der Waals surface area contributed by atoms with Gasteiger partial charge in [-0.1, -0.05) is 6.92 Å². The molecule has 0 radical (unpaired) electrons. The number of carbonyl (C=O) groups excluding carboxylic acids is 1. The molecule has 0 bridgehead atoms. The minimum atomic E-state index is 0.122. The van der Waals surface area contributed by atoms with Gasteiger partial charge in [0.05, 0.1) is 6.26 Å². The number of carbonyl (C=O) groups is 1. The number of rotatable bonds is 7. The maximum atomic E-state index is 10.1. The van der Waals surface area contributed by atoms with Crippen molar-refractivity contribution in [2.45, 2.75) is 38.6 Å². The number of aliphatic hydroxyl groups excluding tert-OH is 1. The van der Waals surface area contributed by atoms with Crippen molar-refractivity contribution in [2.24, 2.45) is 4.99 Å². The lowest BCUT2D eigenvalue weighted by Gasteiger charge is -2.05. The molecule has 1 N–H and O–H groups in total. The van der Waals surface area contributed by atoms with Crippen LogP contribution in [0.1, 0.15) is 44.4 Å². The van der Waals surface area contributed by atoms with Gasteiger partial charge in [0, 0.05) is 13.5 Å². The van der Waals surface area contributed by atoms with Gasteiger partial charge in [0.1, 0.15) is 18.1 Å². The van der Waals surface area contributed by atoms with E-state index in [1.807, 2.05) is 18.3 Å². The van der Waals surface area contributed by atoms with E-state index in [1.165, 1.54) is 0 Å². The SMILES string of the molecule is CCC(N=CCCCC=O)c1ccco1.CO. The first-order valence-corrected chi connectivity index (χ1v) is 5.82. The summed E-state index contributed by atoms with van der Waals surface area (Å²) >= 11 is 0. The molecule has 96 valence electrons. The van der Waals surface area contributed by atoms with Crippen molar-refractivity contribution in [3.8, 4) is 0 Å². The Morgan fingerprint density at radius 2 is 2.24 bits per heavy atom. The van der Waals surface area contributed by atoms with Crippen molar-refractivity contribution < 1.29 is 14.3 Å². The Kier molecular flexibility index (Phi) is 10.2. The summed E-state index contributed by atoms with van der Waals surface area (Å²) < 4.78 is 5.29. The number of aliphatic hydroxyl groups is 1. The smallest absolute Gasteiger partial charge is 0.128 e. The van der Waals surface area contributed by atoms with E-state index < -0.39 is 0 Å². The van der Waals surface area contributed by atoms with Crippen molar-refractivity contribution >= 4 is 12.5 Å². The molecule has 0 amide bonds. The van der Waals surface area contributed by atoms with E-state index >= 15 is 0 Å². The highest BCUT2D eigenvalue weighted by Crippen LogP contribution is 2.20. The molecule has 1 aromatic heterocycles. The highest BCUT2D eigenvalue weighted by Gasteiger charge is 2.08. The van der Waals surface area contributed by atoms with Gasteiger partial charge in [-0.15, -0.1) is 0 Å². The van der Waals surface area contributed by atoms with Crippen LogP contribution in [0.5, 0.6) is 0 Å². The summed E-state index contributed by atoms with van der Waals surface area (Å²) in [4.78, 5) is 14.5. The Bertz CT molecular complexity index is 294. The standard InChI is InChI=1S/C12H17NO2.CH4O/c1-2-11(12-7-6-10-15-12)13-8-4-3-5-9-14;1-2/h6-11H,2-5H2,1H3;2H,1H3. The minimum Gasteiger partial charge on any atom is -0.467 e. The third kappa shape index (κ3) is 6.68. The molecule has 0 fully saturated rings. The molecule has 0 spiro atoms. The molecule has 0 saturated heterocycles. The molecule has 1 unspecified atom stereocenters. The number of hydrogen-bond donors (Lipinski definition) is 1. The second-order valence-corrected chi connectivity index (χ2v) is 3.37. The average Bonchev–Trinajstić information content (AvgIpc) is 2.90. The zero-order valence-electron chi connectivity index (χ0n) is 10.5. The van der Waals surface area contributed by atoms with Crippen LogP contribution in [0.2, 0.25) is 0 Å². The van der Waals surface area contributed by atoms with E-state index in [0.717, 1.165) is 38.4 Å². The Morgan fingerprint density at radius 1 is 1.47 bits per heavy atom. The van der Waals surface area contributed by atoms with Crippen LogP contribution in [-0.4, -0.2) is 24.7 Å². The monoisotopic (exact) mass is 239 g/mol. The lowest BCUT2D eigenvalue weighted by molar-refractivity contribution is -0.107. The third-order valence-corrected chi connectivity index (χ3v) is 2.20. The Morgan fingerprint density at radius 3 is 2.76 bits per heavy atom. The number of hydrogen-bond acceptors (Lipinski definition) is 4. The van der Waals surface area contributed by atoms with Crippen LogP contribution in [0.25, 0.3) is 0 Å². The normalized spacial score (nSPS) is 11.9. The van der Waals surface area contributed by atoms with E-state index in [1.54, 1.807) is 6.26 Å². The van der Waals surface area contributed by atoms with Gasteiger partial charge in [-0.3, -0.25) is 4.99 Å². The van der Waals surface area contributed by atoms with Crippen LogP contribution in [-0.2, 0) is 4.79 Å². The summed E-state index contributed by atoms with van der Waals surface area (Å²) in [7, 11) is 1.00. The van der Waals surface area contributed by atoms with Crippen molar-refractivity contribution in [2.75, 3.05) is 7.11 Å². The number of aliphatic imine (C=N–C) groups is 1. The van der Waals surface area contributed by atoms with Gasteiger partial charge < -0.3 is 14.3 Å². The van der Waals surface area contributed by atoms with Gasteiger partial charge in [-0.05, 0) is 37.6 Å².